The monoisotopic (exact) mass is 217 g/mol. The Bertz CT molecular complexity index is 354. The zero-order valence-corrected chi connectivity index (χ0v) is 8.78. The van der Waals surface area contributed by atoms with Gasteiger partial charge in [0.1, 0.15) is 4.90 Å². The van der Waals surface area contributed by atoms with E-state index in [0.29, 0.717) is 15.5 Å². The molecule has 0 saturated heterocycles. The van der Waals surface area contributed by atoms with Crippen LogP contribution in [0.1, 0.15) is 5.56 Å². The van der Waals surface area contributed by atoms with Gasteiger partial charge in [-0.15, -0.1) is 11.8 Å². The molecule has 5 heteroatoms. The molecular formula is C8H8ClNO2S. The first-order valence-corrected chi connectivity index (χ1v) is 5.15. The summed E-state index contributed by atoms with van der Waals surface area (Å²) in [5.74, 6) is 0. The van der Waals surface area contributed by atoms with Gasteiger partial charge in [0.2, 0.25) is 0 Å². The minimum Gasteiger partial charge on any atom is -0.258 e. The Labute approximate surface area is 85.2 Å². The van der Waals surface area contributed by atoms with Crippen molar-refractivity contribution in [3.05, 3.63) is 32.8 Å². The first kappa shape index (κ1) is 10.3. The lowest BCUT2D eigenvalue weighted by atomic mass is 10.2. The van der Waals surface area contributed by atoms with Gasteiger partial charge in [-0.25, -0.2) is 0 Å². The standard InChI is InChI=1S/C8H8ClNO2S/c1-5-3-4-6(9)8(13-2)7(5)10(11)12/h3-4H,1-2H3. The number of hydrogen-bond donors (Lipinski definition) is 0. The van der Waals surface area contributed by atoms with Gasteiger partial charge in [-0.1, -0.05) is 17.7 Å². The van der Waals surface area contributed by atoms with Gasteiger partial charge in [-0.05, 0) is 19.2 Å². The molecule has 0 unspecified atom stereocenters. The van der Waals surface area contributed by atoms with Crippen LogP contribution in [0.4, 0.5) is 5.69 Å². The lowest BCUT2D eigenvalue weighted by Crippen LogP contribution is -1.94. The van der Waals surface area contributed by atoms with E-state index in [1.54, 1.807) is 25.3 Å². The zero-order chi connectivity index (χ0) is 10.0. The lowest BCUT2D eigenvalue weighted by molar-refractivity contribution is -0.388. The number of rotatable bonds is 2. The Morgan fingerprint density at radius 3 is 2.54 bits per heavy atom. The van der Waals surface area contributed by atoms with Crippen LogP contribution in [0.25, 0.3) is 0 Å². The van der Waals surface area contributed by atoms with Gasteiger partial charge in [-0.2, -0.15) is 0 Å². The number of nitrogens with zero attached hydrogens (tertiary/aromatic N) is 1. The highest BCUT2D eigenvalue weighted by molar-refractivity contribution is 7.98. The average Bonchev–Trinajstić information content (AvgIpc) is 2.07. The van der Waals surface area contributed by atoms with E-state index in [9.17, 15) is 10.1 Å². The van der Waals surface area contributed by atoms with Crippen molar-refractivity contribution in [2.24, 2.45) is 0 Å². The number of nitro groups is 1. The minimum atomic E-state index is -0.396. The van der Waals surface area contributed by atoms with Gasteiger partial charge in [-0.3, -0.25) is 10.1 Å². The van der Waals surface area contributed by atoms with Gasteiger partial charge in [0.25, 0.3) is 5.69 Å². The van der Waals surface area contributed by atoms with E-state index in [1.165, 1.54) is 11.8 Å². The molecule has 0 radical (unpaired) electrons. The molecule has 13 heavy (non-hydrogen) atoms. The molecule has 0 saturated carbocycles. The van der Waals surface area contributed by atoms with E-state index < -0.39 is 4.92 Å². The molecule has 0 bridgehead atoms. The predicted molar refractivity (Wildman–Crippen MR) is 54.6 cm³/mol. The average molecular weight is 218 g/mol. The smallest absolute Gasteiger partial charge is 0.258 e. The summed E-state index contributed by atoms with van der Waals surface area (Å²) in [6.45, 7) is 1.70. The van der Waals surface area contributed by atoms with Gasteiger partial charge in [0.05, 0.1) is 9.95 Å². The van der Waals surface area contributed by atoms with Crippen molar-refractivity contribution in [2.45, 2.75) is 11.8 Å². The van der Waals surface area contributed by atoms with Crippen LogP contribution in [-0.2, 0) is 0 Å². The quantitative estimate of drug-likeness (QED) is 0.434. The molecule has 0 amide bonds. The molecule has 3 nitrogen and oxygen atoms in total. The van der Waals surface area contributed by atoms with Crippen molar-refractivity contribution in [3.63, 3.8) is 0 Å². The Kier molecular flexibility index (Phi) is 3.17. The van der Waals surface area contributed by atoms with E-state index in [4.69, 9.17) is 11.6 Å². The van der Waals surface area contributed by atoms with Crippen molar-refractivity contribution in [2.75, 3.05) is 6.26 Å². The summed E-state index contributed by atoms with van der Waals surface area (Å²) in [5, 5.41) is 11.1. The van der Waals surface area contributed by atoms with Crippen LogP contribution >= 0.6 is 23.4 Å². The first-order valence-electron chi connectivity index (χ1n) is 3.55. The largest absolute Gasteiger partial charge is 0.287 e. The molecular weight excluding hydrogens is 210 g/mol. The Morgan fingerprint density at radius 2 is 2.15 bits per heavy atom. The molecule has 70 valence electrons. The number of thioether (sulfide) groups is 1. The maximum Gasteiger partial charge on any atom is 0.287 e. The normalized spacial score (nSPS) is 10.1. The summed E-state index contributed by atoms with van der Waals surface area (Å²) < 4.78 is 0. The number of nitro benzene ring substituents is 1. The number of benzene rings is 1. The number of hydrogen-bond acceptors (Lipinski definition) is 3. The lowest BCUT2D eigenvalue weighted by Gasteiger charge is -2.03. The van der Waals surface area contributed by atoms with Crippen LogP contribution < -0.4 is 0 Å². The maximum absolute atomic E-state index is 10.7. The topological polar surface area (TPSA) is 43.1 Å². The molecule has 0 atom stereocenters. The third kappa shape index (κ3) is 1.95. The second kappa shape index (κ2) is 3.98. The summed E-state index contributed by atoms with van der Waals surface area (Å²) in [6.07, 6.45) is 1.77. The summed E-state index contributed by atoms with van der Waals surface area (Å²) >= 11 is 7.11. The van der Waals surface area contributed by atoms with Crippen LogP contribution in [0.3, 0.4) is 0 Å². The van der Waals surface area contributed by atoms with E-state index in [2.05, 4.69) is 0 Å². The first-order chi connectivity index (χ1) is 6.07. The highest BCUT2D eigenvalue weighted by Crippen LogP contribution is 2.36. The zero-order valence-electron chi connectivity index (χ0n) is 7.20. The predicted octanol–water partition coefficient (Wildman–Crippen LogP) is 3.28. The molecule has 0 N–H and O–H groups in total. The molecule has 0 aliphatic rings. The third-order valence-electron chi connectivity index (χ3n) is 1.67. The van der Waals surface area contributed by atoms with Crippen LogP contribution in [0.15, 0.2) is 17.0 Å². The highest BCUT2D eigenvalue weighted by Gasteiger charge is 2.19. The highest BCUT2D eigenvalue weighted by atomic mass is 35.5. The van der Waals surface area contributed by atoms with Crippen molar-refractivity contribution < 1.29 is 4.92 Å². The molecule has 0 spiro atoms. The second-order valence-electron chi connectivity index (χ2n) is 2.50. The van der Waals surface area contributed by atoms with Crippen LogP contribution in [-0.4, -0.2) is 11.2 Å². The fourth-order valence-electron chi connectivity index (χ4n) is 1.07. The van der Waals surface area contributed by atoms with Gasteiger partial charge in [0.15, 0.2) is 0 Å². The number of aryl methyl sites for hydroxylation is 1. The molecule has 1 aromatic rings. The number of halogens is 1. The van der Waals surface area contributed by atoms with Crippen LogP contribution in [0.5, 0.6) is 0 Å². The van der Waals surface area contributed by atoms with Gasteiger partial charge >= 0.3 is 0 Å². The van der Waals surface area contributed by atoms with Crippen LogP contribution in [0.2, 0.25) is 5.02 Å². The van der Waals surface area contributed by atoms with Crippen LogP contribution in [0, 0.1) is 17.0 Å². The summed E-state index contributed by atoms with van der Waals surface area (Å²) in [4.78, 5) is 10.8. The minimum absolute atomic E-state index is 0.111. The van der Waals surface area contributed by atoms with Gasteiger partial charge in [0, 0.05) is 5.56 Å². The summed E-state index contributed by atoms with van der Waals surface area (Å²) in [5.41, 5.74) is 0.749. The SMILES string of the molecule is CSc1c(Cl)ccc(C)c1[N+](=O)[O-]. The second-order valence-corrected chi connectivity index (χ2v) is 3.73. The summed E-state index contributed by atoms with van der Waals surface area (Å²) in [7, 11) is 0. The summed E-state index contributed by atoms with van der Waals surface area (Å²) in [6, 6.07) is 3.33. The molecule has 1 aromatic carbocycles. The Balaban J connectivity index is 3.43. The fraction of sp³-hybridized carbons (Fsp3) is 0.250. The van der Waals surface area contributed by atoms with Crippen molar-refractivity contribution in [1.29, 1.82) is 0 Å². The van der Waals surface area contributed by atoms with Crippen molar-refractivity contribution in [3.8, 4) is 0 Å². The van der Waals surface area contributed by atoms with Crippen molar-refractivity contribution >= 4 is 29.1 Å². The van der Waals surface area contributed by atoms with Gasteiger partial charge < -0.3 is 0 Å². The molecule has 0 aliphatic heterocycles. The third-order valence-corrected chi connectivity index (χ3v) is 2.92. The molecule has 0 aliphatic carbocycles. The fourth-order valence-corrected chi connectivity index (χ4v) is 2.14. The van der Waals surface area contributed by atoms with E-state index in [1.807, 2.05) is 0 Å². The molecule has 0 aromatic heterocycles. The molecule has 0 fully saturated rings. The Morgan fingerprint density at radius 1 is 1.54 bits per heavy atom. The molecule has 0 heterocycles. The van der Waals surface area contributed by atoms with Crippen molar-refractivity contribution in [1.82, 2.24) is 0 Å². The van der Waals surface area contributed by atoms with E-state index in [0.717, 1.165) is 0 Å². The maximum atomic E-state index is 10.7. The molecule has 1 rings (SSSR count). The van der Waals surface area contributed by atoms with E-state index >= 15 is 0 Å². The van der Waals surface area contributed by atoms with E-state index in [-0.39, 0.29) is 5.69 Å². The Hall–Kier alpha value is -0.740.